The summed E-state index contributed by atoms with van der Waals surface area (Å²) in [4.78, 5) is 6.59. The van der Waals surface area contributed by atoms with E-state index in [-0.39, 0.29) is 0 Å². The number of benzene rings is 1. The molecule has 2 atom stereocenters. The van der Waals surface area contributed by atoms with Gasteiger partial charge in [-0.05, 0) is 43.7 Å². The third-order valence-corrected chi connectivity index (χ3v) is 3.92. The highest BCUT2D eigenvalue weighted by molar-refractivity contribution is 5.35. The maximum atomic E-state index is 4.22. The first-order valence-corrected chi connectivity index (χ1v) is 7.03. The second kappa shape index (κ2) is 5.90. The lowest BCUT2D eigenvalue weighted by molar-refractivity contribution is 0.280. The second-order valence-corrected chi connectivity index (χ2v) is 5.20. The number of hydrogen-bond acceptors (Lipinski definition) is 2. The van der Waals surface area contributed by atoms with Crippen LogP contribution in [-0.2, 0) is 0 Å². The van der Waals surface area contributed by atoms with Crippen molar-refractivity contribution in [1.82, 2.24) is 9.88 Å². The predicted octanol–water partition coefficient (Wildman–Crippen LogP) is 3.27. The van der Waals surface area contributed by atoms with Gasteiger partial charge in [-0.2, -0.15) is 0 Å². The molecule has 20 heavy (non-hydrogen) atoms. The Labute approximate surface area is 120 Å². The zero-order chi connectivity index (χ0) is 13.8. The molecular weight excluding hydrogens is 244 g/mol. The molecule has 0 amide bonds. The van der Waals surface area contributed by atoms with Crippen LogP contribution in [-0.4, -0.2) is 23.0 Å². The van der Waals surface area contributed by atoms with Gasteiger partial charge in [-0.15, -0.1) is 0 Å². The maximum absolute atomic E-state index is 4.22. The van der Waals surface area contributed by atoms with Gasteiger partial charge in [-0.25, -0.2) is 0 Å². The van der Waals surface area contributed by atoms with E-state index in [0.29, 0.717) is 12.1 Å². The molecule has 1 aromatic heterocycles. The SMILES string of the molecule is CN1[C@H](C#Cc2ccccc2)CC[C@H]1c1cccnc1. The van der Waals surface area contributed by atoms with Crippen LogP contribution >= 0.6 is 0 Å². The van der Waals surface area contributed by atoms with Crippen LogP contribution in [0, 0.1) is 11.8 Å². The van der Waals surface area contributed by atoms with Crippen molar-refractivity contribution in [2.24, 2.45) is 0 Å². The summed E-state index contributed by atoms with van der Waals surface area (Å²) in [5.41, 5.74) is 2.38. The molecule has 0 saturated carbocycles. The van der Waals surface area contributed by atoms with Gasteiger partial charge in [0.1, 0.15) is 0 Å². The number of pyridine rings is 1. The molecule has 1 aromatic carbocycles. The molecule has 0 radical (unpaired) electrons. The molecule has 1 fully saturated rings. The minimum atomic E-state index is 0.334. The third kappa shape index (κ3) is 2.74. The fraction of sp³-hybridized carbons (Fsp3) is 0.278. The number of likely N-dealkylation sites (tertiary alicyclic amines) is 1. The standard InChI is InChI=1S/C18H18N2/c1-20-17(10-9-15-6-3-2-4-7-15)11-12-18(20)16-8-5-13-19-14-16/h2-8,13-14,17-18H,11-12H2,1H3/t17-,18+/m1/s1. The van der Waals surface area contributed by atoms with Crippen molar-refractivity contribution in [3.05, 3.63) is 66.0 Å². The molecule has 2 aromatic rings. The van der Waals surface area contributed by atoms with E-state index in [1.54, 1.807) is 0 Å². The Morgan fingerprint density at radius 1 is 1.10 bits per heavy atom. The van der Waals surface area contributed by atoms with Gasteiger partial charge >= 0.3 is 0 Å². The Morgan fingerprint density at radius 2 is 1.95 bits per heavy atom. The first kappa shape index (κ1) is 12.9. The Morgan fingerprint density at radius 3 is 2.70 bits per heavy atom. The second-order valence-electron chi connectivity index (χ2n) is 5.20. The normalized spacial score (nSPS) is 22.2. The summed E-state index contributed by atoms with van der Waals surface area (Å²) in [5.74, 6) is 6.68. The minimum Gasteiger partial charge on any atom is -0.286 e. The maximum Gasteiger partial charge on any atom is 0.0721 e. The molecule has 1 aliphatic rings. The highest BCUT2D eigenvalue weighted by Crippen LogP contribution is 2.33. The number of rotatable bonds is 1. The Bertz CT molecular complexity index is 610. The molecular formula is C18H18N2. The fourth-order valence-corrected chi connectivity index (χ4v) is 2.78. The van der Waals surface area contributed by atoms with E-state index in [1.807, 2.05) is 36.7 Å². The summed E-state index contributed by atoms with van der Waals surface area (Å²) in [6, 6.07) is 15.1. The summed E-state index contributed by atoms with van der Waals surface area (Å²) in [5, 5.41) is 0. The molecule has 1 aliphatic heterocycles. The monoisotopic (exact) mass is 262 g/mol. The summed E-state index contributed by atoms with van der Waals surface area (Å²) >= 11 is 0. The molecule has 1 saturated heterocycles. The van der Waals surface area contributed by atoms with E-state index in [4.69, 9.17) is 0 Å². The first-order chi connectivity index (χ1) is 9.84. The lowest BCUT2D eigenvalue weighted by Gasteiger charge is -2.22. The topological polar surface area (TPSA) is 16.1 Å². The third-order valence-electron chi connectivity index (χ3n) is 3.92. The number of nitrogens with zero attached hydrogens (tertiary/aromatic N) is 2. The van der Waals surface area contributed by atoms with Crippen molar-refractivity contribution in [3.63, 3.8) is 0 Å². The van der Waals surface area contributed by atoms with Gasteiger partial charge in [0.05, 0.1) is 6.04 Å². The van der Waals surface area contributed by atoms with Gasteiger partial charge < -0.3 is 0 Å². The van der Waals surface area contributed by atoms with Crippen LogP contribution in [0.15, 0.2) is 54.9 Å². The molecule has 0 aliphatic carbocycles. The Hall–Kier alpha value is -2.11. The molecule has 2 heteroatoms. The number of hydrogen-bond donors (Lipinski definition) is 0. The molecule has 0 unspecified atom stereocenters. The first-order valence-electron chi connectivity index (χ1n) is 7.03. The molecule has 0 spiro atoms. The van der Waals surface area contributed by atoms with Crippen LogP contribution in [0.1, 0.15) is 30.0 Å². The summed E-state index contributed by atoms with van der Waals surface area (Å²) in [6.45, 7) is 0. The van der Waals surface area contributed by atoms with E-state index < -0.39 is 0 Å². The molecule has 3 rings (SSSR count). The molecule has 2 nitrogen and oxygen atoms in total. The van der Waals surface area contributed by atoms with Gasteiger partial charge in [0, 0.05) is 24.0 Å². The molecule has 100 valence electrons. The van der Waals surface area contributed by atoms with Crippen LogP contribution in [0.4, 0.5) is 0 Å². The number of aromatic nitrogens is 1. The molecule has 2 heterocycles. The van der Waals surface area contributed by atoms with E-state index in [1.165, 1.54) is 5.56 Å². The lowest BCUT2D eigenvalue weighted by atomic mass is 10.1. The Kier molecular flexibility index (Phi) is 3.80. The van der Waals surface area contributed by atoms with Crippen LogP contribution in [0.5, 0.6) is 0 Å². The van der Waals surface area contributed by atoms with Gasteiger partial charge in [-0.3, -0.25) is 9.88 Å². The molecule has 0 N–H and O–H groups in total. The van der Waals surface area contributed by atoms with Crippen LogP contribution in [0.3, 0.4) is 0 Å². The van der Waals surface area contributed by atoms with Crippen LogP contribution in [0.2, 0.25) is 0 Å². The van der Waals surface area contributed by atoms with Gasteiger partial charge in [0.15, 0.2) is 0 Å². The van der Waals surface area contributed by atoms with Gasteiger partial charge in [0.2, 0.25) is 0 Å². The van der Waals surface area contributed by atoms with E-state index in [2.05, 4.69) is 47.0 Å². The van der Waals surface area contributed by atoms with Crippen molar-refractivity contribution in [3.8, 4) is 11.8 Å². The van der Waals surface area contributed by atoms with Gasteiger partial charge in [-0.1, -0.05) is 36.1 Å². The van der Waals surface area contributed by atoms with Crippen molar-refractivity contribution in [2.75, 3.05) is 7.05 Å². The summed E-state index contributed by atoms with van der Waals surface area (Å²) < 4.78 is 0. The lowest BCUT2D eigenvalue weighted by Crippen LogP contribution is -2.26. The van der Waals surface area contributed by atoms with E-state index in [0.717, 1.165) is 18.4 Å². The fourth-order valence-electron chi connectivity index (χ4n) is 2.78. The minimum absolute atomic E-state index is 0.334. The average molecular weight is 262 g/mol. The summed E-state index contributed by atoms with van der Waals surface area (Å²) in [7, 11) is 2.16. The van der Waals surface area contributed by atoms with Crippen LogP contribution < -0.4 is 0 Å². The Balaban J connectivity index is 1.74. The average Bonchev–Trinajstić information content (AvgIpc) is 2.88. The summed E-state index contributed by atoms with van der Waals surface area (Å²) in [6.07, 6.45) is 6.06. The van der Waals surface area contributed by atoms with Crippen molar-refractivity contribution in [1.29, 1.82) is 0 Å². The van der Waals surface area contributed by atoms with E-state index in [9.17, 15) is 0 Å². The van der Waals surface area contributed by atoms with Crippen molar-refractivity contribution in [2.45, 2.75) is 24.9 Å². The highest BCUT2D eigenvalue weighted by Gasteiger charge is 2.30. The molecule has 0 bridgehead atoms. The van der Waals surface area contributed by atoms with Crippen molar-refractivity contribution >= 4 is 0 Å². The zero-order valence-electron chi connectivity index (χ0n) is 11.7. The van der Waals surface area contributed by atoms with Crippen molar-refractivity contribution < 1.29 is 0 Å². The predicted molar refractivity (Wildman–Crippen MR) is 81.1 cm³/mol. The largest absolute Gasteiger partial charge is 0.286 e. The van der Waals surface area contributed by atoms with E-state index >= 15 is 0 Å². The smallest absolute Gasteiger partial charge is 0.0721 e. The quantitative estimate of drug-likeness (QED) is 0.733. The van der Waals surface area contributed by atoms with Gasteiger partial charge in [0.25, 0.3) is 0 Å². The van der Waals surface area contributed by atoms with Crippen LogP contribution in [0.25, 0.3) is 0 Å². The highest BCUT2D eigenvalue weighted by atomic mass is 15.2. The zero-order valence-corrected chi connectivity index (χ0v) is 11.7.